The third-order valence-electron chi connectivity index (χ3n) is 3.50. The summed E-state index contributed by atoms with van der Waals surface area (Å²) in [4.78, 5) is 5.94. The minimum absolute atomic E-state index is 0.0670. The highest BCUT2D eigenvalue weighted by atomic mass is 32.1. The Morgan fingerprint density at radius 2 is 2.17 bits per heavy atom. The molecule has 0 saturated heterocycles. The fourth-order valence-electron chi connectivity index (χ4n) is 2.63. The van der Waals surface area contributed by atoms with Gasteiger partial charge in [0, 0.05) is 24.2 Å². The molecule has 1 N–H and O–H groups in total. The Morgan fingerprint density at radius 1 is 1.39 bits per heavy atom. The molecule has 1 aliphatic carbocycles. The van der Waals surface area contributed by atoms with Crippen molar-refractivity contribution < 1.29 is 4.74 Å². The molecule has 0 atom stereocenters. The summed E-state index contributed by atoms with van der Waals surface area (Å²) < 4.78 is 6.04. The summed E-state index contributed by atoms with van der Waals surface area (Å²) in [7, 11) is 0. The number of nitrogens with one attached hydrogen (secondary N) is 1. The van der Waals surface area contributed by atoms with Crippen molar-refractivity contribution in [2.24, 2.45) is 0 Å². The van der Waals surface area contributed by atoms with Crippen LogP contribution in [0.2, 0.25) is 0 Å². The Kier molecular flexibility index (Phi) is 5.15. The zero-order valence-electron chi connectivity index (χ0n) is 11.5. The largest absolute Gasteiger partial charge is 0.368 e. The molecule has 0 aliphatic heterocycles. The second-order valence-corrected chi connectivity index (χ2v) is 6.06. The fraction of sp³-hybridized carbons (Fsp3) is 0.786. The van der Waals surface area contributed by atoms with Crippen molar-refractivity contribution in [1.29, 1.82) is 0 Å². The van der Waals surface area contributed by atoms with Crippen LogP contribution in [-0.4, -0.2) is 18.1 Å². The maximum atomic E-state index is 6.04. The average Bonchev–Trinajstić information content (AvgIpc) is 2.99. The summed E-state index contributed by atoms with van der Waals surface area (Å²) in [6, 6.07) is 0. The van der Waals surface area contributed by atoms with Crippen molar-refractivity contribution in [3.8, 4) is 0 Å². The fourth-order valence-corrected chi connectivity index (χ4v) is 3.71. The molecule has 4 heteroatoms. The first-order chi connectivity index (χ1) is 8.80. The molecule has 102 valence electrons. The summed E-state index contributed by atoms with van der Waals surface area (Å²) in [5, 5.41) is 4.62. The van der Waals surface area contributed by atoms with E-state index in [-0.39, 0.29) is 5.60 Å². The van der Waals surface area contributed by atoms with Gasteiger partial charge in [-0.05, 0) is 32.7 Å². The molecule has 0 unspecified atom stereocenters. The minimum Gasteiger partial charge on any atom is -0.368 e. The van der Waals surface area contributed by atoms with E-state index in [1.165, 1.54) is 29.1 Å². The number of nitrogens with zero attached hydrogens (tertiary/aromatic N) is 1. The lowest BCUT2D eigenvalue weighted by Gasteiger charge is -2.26. The molecule has 1 saturated carbocycles. The number of hydrogen-bond donors (Lipinski definition) is 1. The Bertz CT molecular complexity index is 358. The van der Waals surface area contributed by atoms with Gasteiger partial charge in [0.1, 0.15) is 10.6 Å². The van der Waals surface area contributed by atoms with Gasteiger partial charge in [0.2, 0.25) is 0 Å². The van der Waals surface area contributed by atoms with Gasteiger partial charge in [-0.25, -0.2) is 4.98 Å². The van der Waals surface area contributed by atoms with E-state index in [1.807, 2.05) is 17.5 Å². The molecule has 0 aromatic carbocycles. The first kappa shape index (κ1) is 14.0. The van der Waals surface area contributed by atoms with Gasteiger partial charge < -0.3 is 10.1 Å². The van der Waals surface area contributed by atoms with E-state index in [2.05, 4.69) is 24.1 Å². The van der Waals surface area contributed by atoms with Crippen LogP contribution in [-0.2, 0) is 16.9 Å². The molecule has 0 amide bonds. The molecule has 1 aliphatic rings. The molecule has 0 bridgehead atoms. The highest BCUT2D eigenvalue weighted by Gasteiger charge is 2.38. The lowest BCUT2D eigenvalue weighted by molar-refractivity contribution is -0.0391. The molecule has 18 heavy (non-hydrogen) atoms. The van der Waals surface area contributed by atoms with Gasteiger partial charge in [0.25, 0.3) is 0 Å². The Morgan fingerprint density at radius 3 is 2.83 bits per heavy atom. The maximum Gasteiger partial charge on any atom is 0.125 e. The zero-order chi connectivity index (χ0) is 12.8. The third-order valence-corrected chi connectivity index (χ3v) is 4.68. The molecular formula is C14H24N2OS. The smallest absolute Gasteiger partial charge is 0.125 e. The van der Waals surface area contributed by atoms with Crippen LogP contribution >= 0.6 is 11.3 Å². The van der Waals surface area contributed by atoms with Gasteiger partial charge in [-0.3, -0.25) is 0 Å². The second-order valence-electron chi connectivity index (χ2n) is 4.94. The van der Waals surface area contributed by atoms with Crippen molar-refractivity contribution in [1.82, 2.24) is 10.3 Å². The molecule has 1 aromatic rings. The standard InChI is InChI=1S/C14H24N2OS/c1-3-9-15-10-12-11-16-13(18-12)14(17-4-2)7-5-6-8-14/h11,15H,3-10H2,1-2H3. The number of thiazole rings is 1. The third kappa shape index (κ3) is 3.11. The van der Waals surface area contributed by atoms with E-state index in [1.54, 1.807) is 0 Å². The number of aromatic nitrogens is 1. The molecule has 1 fully saturated rings. The normalized spacial score (nSPS) is 18.3. The quantitative estimate of drug-likeness (QED) is 0.769. The molecule has 2 rings (SSSR count). The van der Waals surface area contributed by atoms with E-state index in [0.717, 1.165) is 32.5 Å². The zero-order valence-corrected chi connectivity index (χ0v) is 12.3. The molecule has 0 spiro atoms. The van der Waals surface area contributed by atoms with Crippen LogP contribution in [0.5, 0.6) is 0 Å². The average molecular weight is 268 g/mol. The van der Waals surface area contributed by atoms with Gasteiger partial charge in [0.05, 0.1) is 0 Å². The maximum absolute atomic E-state index is 6.04. The van der Waals surface area contributed by atoms with Crippen LogP contribution in [0.4, 0.5) is 0 Å². The topological polar surface area (TPSA) is 34.2 Å². The van der Waals surface area contributed by atoms with Crippen molar-refractivity contribution in [2.75, 3.05) is 13.2 Å². The van der Waals surface area contributed by atoms with Crippen LogP contribution in [0.1, 0.15) is 55.8 Å². The number of ether oxygens (including phenoxy) is 1. The monoisotopic (exact) mass is 268 g/mol. The van der Waals surface area contributed by atoms with Crippen LogP contribution in [0.15, 0.2) is 6.20 Å². The molecule has 1 aromatic heterocycles. The van der Waals surface area contributed by atoms with E-state index in [0.29, 0.717) is 0 Å². The van der Waals surface area contributed by atoms with E-state index < -0.39 is 0 Å². The Balaban J connectivity index is 2.02. The number of hydrogen-bond acceptors (Lipinski definition) is 4. The lowest BCUT2D eigenvalue weighted by Crippen LogP contribution is -2.25. The van der Waals surface area contributed by atoms with Gasteiger partial charge in [-0.1, -0.05) is 19.8 Å². The van der Waals surface area contributed by atoms with Crippen molar-refractivity contribution in [3.63, 3.8) is 0 Å². The number of rotatable bonds is 7. The van der Waals surface area contributed by atoms with Crippen LogP contribution < -0.4 is 5.32 Å². The first-order valence-electron chi connectivity index (χ1n) is 7.10. The van der Waals surface area contributed by atoms with Crippen LogP contribution in [0, 0.1) is 0 Å². The Labute approximate surface area is 114 Å². The predicted molar refractivity (Wildman–Crippen MR) is 75.9 cm³/mol. The van der Waals surface area contributed by atoms with Gasteiger partial charge in [-0.2, -0.15) is 0 Å². The van der Waals surface area contributed by atoms with Gasteiger partial charge in [0.15, 0.2) is 0 Å². The molecule has 3 nitrogen and oxygen atoms in total. The SMILES string of the molecule is CCCNCc1cnc(C2(OCC)CCCC2)s1. The predicted octanol–water partition coefficient (Wildman–Crippen LogP) is 3.45. The minimum atomic E-state index is -0.0670. The van der Waals surface area contributed by atoms with Crippen LogP contribution in [0.3, 0.4) is 0 Å². The van der Waals surface area contributed by atoms with E-state index in [4.69, 9.17) is 4.74 Å². The summed E-state index contributed by atoms with van der Waals surface area (Å²) >= 11 is 1.82. The van der Waals surface area contributed by atoms with Gasteiger partial charge >= 0.3 is 0 Å². The summed E-state index contributed by atoms with van der Waals surface area (Å²) in [5.74, 6) is 0. The van der Waals surface area contributed by atoms with Crippen molar-refractivity contribution in [3.05, 3.63) is 16.1 Å². The summed E-state index contributed by atoms with van der Waals surface area (Å²) in [6.07, 6.45) is 7.99. The first-order valence-corrected chi connectivity index (χ1v) is 7.92. The van der Waals surface area contributed by atoms with E-state index in [9.17, 15) is 0 Å². The highest BCUT2D eigenvalue weighted by molar-refractivity contribution is 7.11. The highest BCUT2D eigenvalue weighted by Crippen LogP contribution is 2.43. The van der Waals surface area contributed by atoms with Crippen molar-refractivity contribution >= 4 is 11.3 Å². The molecular weight excluding hydrogens is 244 g/mol. The van der Waals surface area contributed by atoms with Crippen molar-refractivity contribution in [2.45, 2.75) is 58.1 Å². The van der Waals surface area contributed by atoms with E-state index >= 15 is 0 Å². The van der Waals surface area contributed by atoms with Gasteiger partial charge in [-0.15, -0.1) is 11.3 Å². The second kappa shape index (κ2) is 6.64. The van der Waals surface area contributed by atoms with Crippen LogP contribution in [0.25, 0.3) is 0 Å². The summed E-state index contributed by atoms with van der Waals surface area (Å²) in [6.45, 7) is 7.06. The lowest BCUT2D eigenvalue weighted by atomic mass is 10.0. The molecule has 1 heterocycles. The summed E-state index contributed by atoms with van der Waals surface area (Å²) in [5.41, 5.74) is -0.0670. The molecule has 0 radical (unpaired) electrons. The Hall–Kier alpha value is -0.450.